The fraction of sp³-hybridized carbons (Fsp3) is 0.571. The first kappa shape index (κ1) is 17.7. The molecule has 0 aliphatic heterocycles. The fourth-order valence-corrected chi connectivity index (χ4v) is 3.10. The van der Waals surface area contributed by atoms with Gasteiger partial charge in [0.05, 0.1) is 6.61 Å². The highest BCUT2D eigenvalue weighted by Gasteiger charge is 2.19. The third-order valence-electron chi connectivity index (χ3n) is 2.88. The van der Waals surface area contributed by atoms with Crippen LogP contribution < -0.4 is 15.2 Å². The van der Waals surface area contributed by atoms with Crippen molar-refractivity contribution < 1.29 is 13.2 Å². The topological polar surface area (TPSA) is 84.7 Å². The lowest BCUT2D eigenvalue weighted by Crippen LogP contribution is -2.26. The van der Waals surface area contributed by atoms with E-state index in [0.717, 1.165) is 19.4 Å². The number of sulfonamides is 1. The van der Waals surface area contributed by atoms with E-state index in [1.807, 2.05) is 14.1 Å². The Morgan fingerprint density at radius 3 is 2.62 bits per heavy atom. The first-order valence-electron chi connectivity index (χ1n) is 7.03. The van der Waals surface area contributed by atoms with E-state index in [9.17, 15) is 8.42 Å². The zero-order valence-electron chi connectivity index (χ0n) is 12.9. The van der Waals surface area contributed by atoms with Crippen LogP contribution in [-0.4, -0.2) is 47.1 Å². The Kier molecular flexibility index (Phi) is 6.94. The summed E-state index contributed by atoms with van der Waals surface area (Å²) >= 11 is 0. The number of rotatable bonds is 9. The zero-order chi connectivity index (χ0) is 15.9. The Labute approximate surface area is 127 Å². The summed E-state index contributed by atoms with van der Waals surface area (Å²) in [5.74, 6) is 0.326. The third-order valence-corrected chi connectivity index (χ3v) is 4.36. The van der Waals surface area contributed by atoms with Crippen molar-refractivity contribution in [2.45, 2.75) is 24.7 Å². The molecule has 1 rings (SSSR count). The largest absolute Gasteiger partial charge is 0.492 e. The molecule has 1 aromatic rings. The third kappa shape index (κ3) is 5.91. The standard InChI is InChI=1S/C14H25N3O3S/c1-4-20-13-8-7-12(15)11-14(13)21(18,19)16-9-5-6-10-17(2)3/h7-8,11,16H,4-6,9-10,15H2,1-3H3. The second kappa shape index (κ2) is 8.21. The Hall–Kier alpha value is -1.31. The number of nitrogens with zero attached hydrogens (tertiary/aromatic N) is 1. The van der Waals surface area contributed by atoms with Gasteiger partial charge in [0.25, 0.3) is 0 Å². The molecule has 6 nitrogen and oxygen atoms in total. The van der Waals surface area contributed by atoms with Gasteiger partial charge in [-0.05, 0) is 58.6 Å². The van der Waals surface area contributed by atoms with Crippen LogP contribution in [0.3, 0.4) is 0 Å². The van der Waals surface area contributed by atoms with Gasteiger partial charge in [-0.15, -0.1) is 0 Å². The van der Waals surface area contributed by atoms with Gasteiger partial charge in [0.1, 0.15) is 10.6 Å². The van der Waals surface area contributed by atoms with Crippen molar-refractivity contribution in [1.29, 1.82) is 0 Å². The van der Waals surface area contributed by atoms with Crippen molar-refractivity contribution in [2.24, 2.45) is 0 Å². The Bertz CT molecular complexity index is 544. The van der Waals surface area contributed by atoms with Gasteiger partial charge in [-0.3, -0.25) is 0 Å². The number of hydrogen-bond acceptors (Lipinski definition) is 5. The van der Waals surface area contributed by atoms with Gasteiger partial charge >= 0.3 is 0 Å². The van der Waals surface area contributed by atoms with Crippen LogP contribution in [0.2, 0.25) is 0 Å². The molecule has 0 saturated heterocycles. The summed E-state index contributed by atoms with van der Waals surface area (Å²) in [4.78, 5) is 2.16. The minimum Gasteiger partial charge on any atom is -0.492 e. The number of nitrogens with one attached hydrogen (secondary N) is 1. The van der Waals surface area contributed by atoms with Gasteiger partial charge in [-0.25, -0.2) is 13.1 Å². The van der Waals surface area contributed by atoms with Crippen LogP contribution in [0.4, 0.5) is 5.69 Å². The van der Waals surface area contributed by atoms with E-state index in [-0.39, 0.29) is 4.90 Å². The molecule has 0 amide bonds. The second-order valence-electron chi connectivity index (χ2n) is 5.05. The molecule has 0 heterocycles. The summed E-state index contributed by atoms with van der Waals surface area (Å²) in [6.07, 6.45) is 1.72. The Morgan fingerprint density at radius 2 is 2.00 bits per heavy atom. The van der Waals surface area contributed by atoms with E-state index < -0.39 is 10.0 Å². The molecule has 0 aliphatic rings. The molecule has 0 aliphatic carbocycles. The smallest absolute Gasteiger partial charge is 0.244 e. The SMILES string of the molecule is CCOc1ccc(N)cc1S(=O)(=O)NCCCCN(C)C. The summed E-state index contributed by atoms with van der Waals surface area (Å²) in [6.45, 7) is 3.54. The van der Waals surface area contributed by atoms with E-state index in [1.54, 1.807) is 19.1 Å². The maximum Gasteiger partial charge on any atom is 0.244 e. The quantitative estimate of drug-likeness (QED) is 0.530. The van der Waals surface area contributed by atoms with Gasteiger partial charge in [-0.1, -0.05) is 0 Å². The number of benzene rings is 1. The lowest BCUT2D eigenvalue weighted by atomic mass is 10.3. The Balaban J connectivity index is 2.71. The molecule has 0 bridgehead atoms. The molecule has 0 fully saturated rings. The average Bonchev–Trinajstić information content (AvgIpc) is 2.40. The van der Waals surface area contributed by atoms with Gasteiger partial charge in [0, 0.05) is 12.2 Å². The van der Waals surface area contributed by atoms with Crippen LogP contribution in [-0.2, 0) is 10.0 Å². The molecule has 0 radical (unpaired) electrons. The highest BCUT2D eigenvalue weighted by Crippen LogP contribution is 2.26. The highest BCUT2D eigenvalue weighted by atomic mass is 32.2. The predicted octanol–water partition coefficient (Wildman–Crippen LogP) is 1.29. The number of ether oxygens (including phenoxy) is 1. The summed E-state index contributed by atoms with van der Waals surface area (Å²) in [5, 5.41) is 0. The molecule has 21 heavy (non-hydrogen) atoms. The molecule has 0 saturated carbocycles. The number of nitrogens with two attached hydrogens (primary N) is 1. The molecule has 7 heteroatoms. The molecule has 0 spiro atoms. The molecule has 1 aromatic carbocycles. The van der Waals surface area contributed by atoms with Crippen LogP contribution in [0.1, 0.15) is 19.8 Å². The average molecular weight is 315 g/mol. The maximum absolute atomic E-state index is 12.3. The van der Waals surface area contributed by atoms with Crippen molar-refractivity contribution >= 4 is 15.7 Å². The van der Waals surface area contributed by atoms with E-state index in [4.69, 9.17) is 10.5 Å². The molecule has 0 aromatic heterocycles. The molecule has 0 unspecified atom stereocenters. The molecule has 3 N–H and O–H groups in total. The van der Waals surface area contributed by atoms with Crippen molar-refractivity contribution in [1.82, 2.24) is 9.62 Å². The minimum atomic E-state index is -3.60. The zero-order valence-corrected chi connectivity index (χ0v) is 13.7. The van der Waals surface area contributed by atoms with E-state index >= 15 is 0 Å². The van der Waals surface area contributed by atoms with Crippen LogP contribution in [0, 0.1) is 0 Å². The first-order valence-corrected chi connectivity index (χ1v) is 8.52. The van der Waals surface area contributed by atoms with Crippen LogP contribution in [0.5, 0.6) is 5.75 Å². The van der Waals surface area contributed by atoms with E-state index in [1.165, 1.54) is 6.07 Å². The van der Waals surface area contributed by atoms with Crippen molar-refractivity contribution in [2.75, 3.05) is 39.5 Å². The van der Waals surface area contributed by atoms with Crippen LogP contribution >= 0.6 is 0 Å². The lowest BCUT2D eigenvalue weighted by Gasteiger charge is -2.13. The van der Waals surface area contributed by atoms with Gasteiger partial charge in [0.2, 0.25) is 10.0 Å². The second-order valence-corrected chi connectivity index (χ2v) is 6.78. The van der Waals surface area contributed by atoms with Gasteiger partial charge < -0.3 is 15.4 Å². The van der Waals surface area contributed by atoms with Crippen molar-refractivity contribution in [3.8, 4) is 5.75 Å². The summed E-state index contributed by atoms with van der Waals surface area (Å²) in [7, 11) is 0.378. The number of hydrogen-bond donors (Lipinski definition) is 2. The summed E-state index contributed by atoms with van der Waals surface area (Å²) in [6, 6.07) is 4.63. The predicted molar refractivity (Wildman–Crippen MR) is 85.0 cm³/mol. The van der Waals surface area contributed by atoms with E-state index in [0.29, 0.717) is 24.6 Å². The number of nitrogen functional groups attached to an aromatic ring is 1. The first-order chi connectivity index (χ1) is 9.86. The summed E-state index contributed by atoms with van der Waals surface area (Å²) < 4.78 is 32.6. The van der Waals surface area contributed by atoms with Crippen LogP contribution in [0.25, 0.3) is 0 Å². The fourth-order valence-electron chi connectivity index (χ4n) is 1.85. The molecule has 0 atom stereocenters. The van der Waals surface area contributed by atoms with Gasteiger partial charge in [-0.2, -0.15) is 0 Å². The maximum atomic E-state index is 12.3. The minimum absolute atomic E-state index is 0.0944. The highest BCUT2D eigenvalue weighted by molar-refractivity contribution is 7.89. The summed E-state index contributed by atoms with van der Waals surface area (Å²) in [5.41, 5.74) is 6.07. The lowest BCUT2D eigenvalue weighted by molar-refractivity contribution is 0.331. The molecule has 120 valence electrons. The molecular weight excluding hydrogens is 290 g/mol. The van der Waals surface area contributed by atoms with E-state index in [2.05, 4.69) is 9.62 Å². The van der Waals surface area contributed by atoms with Crippen LogP contribution in [0.15, 0.2) is 23.1 Å². The number of unbranched alkanes of at least 4 members (excludes halogenated alkanes) is 1. The van der Waals surface area contributed by atoms with Crippen molar-refractivity contribution in [3.63, 3.8) is 0 Å². The Morgan fingerprint density at radius 1 is 1.29 bits per heavy atom. The molecular formula is C14H25N3O3S. The monoisotopic (exact) mass is 315 g/mol. The van der Waals surface area contributed by atoms with Gasteiger partial charge in [0.15, 0.2) is 0 Å². The van der Waals surface area contributed by atoms with Crippen molar-refractivity contribution in [3.05, 3.63) is 18.2 Å². The normalized spacial score (nSPS) is 11.8. The number of anilines is 1.